The van der Waals surface area contributed by atoms with E-state index in [4.69, 9.17) is 23.4 Å². The van der Waals surface area contributed by atoms with Gasteiger partial charge in [-0.3, -0.25) is 0 Å². The third-order valence-electron chi connectivity index (χ3n) is 4.48. The Labute approximate surface area is 149 Å². The van der Waals surface area contributed by atoms with Crippen LogP contribution in [0.3, 0.4) is 0 Å². The average Bonchev–Trinajstić information content (AvgIpc) is 2.80. The summed E-state index contributed by atoms with van der Waals surface area (Å²) < 4.78 is 7.62. The number of ether oxygens (including phenoxy) is 1. The zero-order valence-electron chi connectivity index (χ0n) is 14.1. The van der Waals surface area contributed by atoms with E-state index in [-0.39, 0.29) is 0 Å². The third-order valence-corrected chi connectivity index (χ3v) is 4.70. The van der Waals surface area contributed by atoms with Crippen molar-refractivity contribution in [1.82, 2.24) is 0 Å². The van der Waals surface area contributed by atoms with Crippen molar-refractivity contribution in [2.75, 3.05) is 11.9 Å². The number of hydrogen-bond acceptors (Lipinski definition) is 2. The summed E-state index contributed by atoms with van der Waals surface area (Å²) in [7, 11) is 0. The molecule has 4 heteroatoms. The number of thiocarbonyl (C=S) groups is 1. The van der Waals surface area contributed by atoms with Crippen LogP contribution in [0.25, 0.3) is 10.9 Å². The first-order chi connectivity index (χ1) is 11.7. The van der Waals surface area contributed by atoms with Crippen molar-refractivity contribution in [1.29, 1.82) is 0 Å². The maximum atomic E-state index is 5.64. The van der Waals surface area contributed by atoms with Gasteiger partial charge in [-0.25, -0.2) is 0 Å². The van der Waals surface area contributed by atoms with Crippen molar-refractivity contribution in [2.45, 2.75) is 45.6 Å². The fourth-order valence-corrected chi connectivity index (χ4v) is 3.67. The maximum Gasteiger partial charge on any atom is 0.261 e. The van der Waals surface area contributed by atoms with Gasteiger partial charge in [0.25, 0.3) is 5.17 Å². The summed E-state index contributed by atoms with van der Waals surface area (Å²) in [5.41, 5.74) is 4.96. The van der Waals surface area contributed by atoms with E-state index in [2.05, 4.69) is 34.0 Å². The number of nitrogens with one attached hydrogen (secondary N) is 1. The highest BCUT2D eigenvalue weighted by molar-refractivity contribution is 7.80. The molecule has 0 amide bonds. The summed E-state index contributed by atoms with van der Waals surface area (Å²) in [6.45, 7) is 3.10. The molecule has 0 saturated heterocycles. The maximum absolute atomic E-state index is 5.64. The average molecular weight is 339 g/mol. The van der Waals surface area contributed by atoms with Crippen LogP contribution in [-0.2, 0) is 24.1 Å². The molecule has 0 fully saturated rings. The van der Waals surface area contributed by atoms with Gasteiger partial charge in [0, 0.05) is 29.1 Å². The Balaban J connectivity index is 2.06. The Morgan fingerprint density at radius 3 is 2.92 bits per heavy atom. The zero-order valence-corrected chi connectivity index (χ0v) is 14.9. The van der Waals surface area contributed by atoms with E-state index >= 15 is 0 Å². The fraction of sp³-hybridized carbons (Fsp3) is 0.400. The number of nitrogens with zero attached hydrogens (tertiary/aromatic N) is 1. The molecule has 0 aliphatic heterocycles. The second-order valence-corrected chi connectivity index (χ2v) is 6.46. The van der Waals surface area contributed by atoms with Crippen LogP contribution in [0.15, 0.2) is 24.3 Å². The number of aromatic nitrogens is 1. The van der Waals surface area contributed by atoms with E-state index in [9.17, 15) is 0 Å². The Bertz CT molecular complexity index is 807. The molecule has 0 bridgehead atoms. The molecule has 1 aromatic carbocycles. The van der Waals surface area contributed by atoms with Crippen LogP contribution in [0.2, 0.25) is 0 Å². The summed E-state index contributed by atoms with van der Waals surface area (Å²) >= 11 is 5.18. The molecule has 0 radical (unpaired) electrons. The third kappa shape index (κ3) is 3.52. The number of benzene rings is 1. The lowest BCUT2D eigenvalue weighted by Crippen LogP contribution is -2.40. The van der Waals surface area contributed by atoms with Crippen LogP contribution in [-0.4, -0.2) is 11.8 Å². The first kappa shape index (κ1) is 16.7. The number of pyridine rings is 1. The Hall–Kier alpha value is -2.12. The van der Waals surface area contributed by atoms with Crippen molar-refractivity contribution in [3.8, 4) is 12.3 Å². The molecule has 24 heavy (non-hydrogen) atoms. The SMILES string of the molecule is C#CC[n+]1c2c(cc3cc(NC(=S)OCC)ccc31)CCCCC2. The van der Waals surface area contributed by atoms with Crippen molar-refractivity contribution in [3.05, 3.63) is 35.5 Å². The summed E-state index contributed by atoms with van der Waals surface area (Å²) in [5, 5.41) is 4.73. The Morgan fingerprint density at radius 2 is 2.12 bits per heavy atom. The summed E-state index contributed by atoms with van der Waals surface area (Å²) in [6, 6.07) is 8.59. The van der Waals surface area contributed by atoms with Gasteiger partial charge in [-0.15, -0.1) is 6.42 Å². The van der Waals surface area contributed by atoms with Gasteiger partial charge in [0.1, 0.15) is 0 Å². The molecule has 1 aromatic heterocycles. The number of rotatable bonds is 3. The second-order valence-electron chi connectivity index (χ2n) is 6.09. The minimum atomic E-state index is 0.406. The first-order valence-electron chi connectivity index (χ1n) is 8.58. The van der Waals surface area contributed by atoms with E-state index in [1.807, 2.05) is 13.0 Å². The van der Waals surface area contributed by atoms with Gasteiger partial charge in [-0.1, -0.05) is 6.42 Å². The number of hydrogen-bond donors (Lipinski definition) is 1. The normalized spacial score (nSPS) is 13.7. The lowest BCUT2D eigenvalue weighted by molar-refractivity contribution is -0.666. The molecule has 1 heterocycles. The minimum Gasteiger partial charge on any atom is -0.471 e. The number of terminal acetylenes is 1. The molecule has 124 valence electrons. The standard InChI is InChI=1S/C20H22N2OS/c1-3-12-22-18-9-7-5-6-8-15(18)13-16-14-17(10-11-19(16)22)21-20(24)23-4-2/h1,10-11,13-14H,4-9,12H2,2H3/p+1. The predicted molar refractivity (Wildman–Crippen MR) is 102 cm³/mol. The van der Waals surface area contributed by atoms with E-state index in [1.165, 1.54) is 41.4 Å². The van der Waals surface area contributed by atoms with Gasteiger partial charge in [0.05, 0.1) is 6.61 Å². The van der Waals surface area contributed by atoms with E-state index in [0.717, 1.165) is 18.5 Å². The van der Waals surface area contributed by atoms with Crippen molar-refractivity contribution in [3.63, 3.8) is 0 Å². The van der Waals surface area contributed by atoms with Crippen LogP contribution >= 0.6 is 12.2 Å². The van der Waals surface area contributed by atoms with Crippen LogP contribution in [0, 0.1) is 12.3 Å². The highest BCUT2D eigenvalue weighted by Crippen LogP contribution is 2.24. The lowest BCUT2D eigenvalue weighted by Gasteiger charge is -2.11. The van der Waals surface area contributed by atoms with Gasteiger partial charge in [0.15, 0.2) is 5.69 Å². The second kappa shape index (κ2) is 7.63. The molecule has 3 nitrogen and oxygen atoms in total. The Kier molecular flexibility index (Phi) is 5.32. The van der Waals surface area contributed by atoms with Crippen LogP contribution in [0.5, 0.6) is 0 Å². The Morgan fingerprint density at radius 1 is 1.29 bits per heavy atom. The lowest BCUT2D eigenvalue weighted by atomic mass is 10.0. The molecule has 2 aromatic rings. The van der Waals surface area contributed by atoms with E-state index < -0.39 is 0 Å². The number of aryl methyl sites for hydroxylation is 1. The van der Waals surface area contributed by atoms with E-state index in [0.29, 0.717) is 18.3 Å². The van der Waals surface area contributed by atoms with Gasteiger partial charge in [-0.2, -0.15) is 4.57 Å². The number of anilines is 1. The monoisotopic (exact) mass is 339 g/mol. The summed E-state index contributed by atoms with van der Waals surface area (Å²) in [5.74, 6) is 2.82. The summed E-state index contributed by atoms with van der Waals surface area (Å²) in [6.07, 6.45) is 11.7. The van der Waals surface area contributed by atoms with Gasteiger partial charge >= 0.3 is 0 Å². The fourth-order valence-electron chi connectivity index (χ4n) is 3.44. The highest BCUT2D eigenvalue weighted by Gasteiger charge is 2.22. The molecule has 1 aliphatic carbocycles. The predicted octanol–water partition coefficient (Wildman–Crippen LogP) is 3.76. The quantitative estimate of drug-likeness (QED) is 0.399. The van der Waals surface area contributed by atoms with Crippen LogP contribution < -0.4 is 9.88 Å². The van der Waals surface area contributed by atoms with Crippen LogP contribution in [0.1, 0.15) is 37.4 Å². The van der Waals surface area contributed by atoms with Crippen molar-refractivity contribution >= 4 is 34.0 Å². The van der Waals surface area contributed by atoms with Crippen molar-refractivity contribution in [2.24, 2.45) is 0 Å². The molecular formula is C20H23N2OS+. The smallest absolute Gasteiger partial charge is 0.261 e. The molecule has 1 N–H and O–H groups in total. The molecule has 3 rings (SSSR count). The molecular weight excluding hydrogens is 316 g/mol. The molecule has 1 aliphatic rings. The topological polar surface area (TPSA) is 25.1 Å². The van der Waals surface area contributed by atoms with Crippen LogP contribution in [0.4, 0.5) is 5.69 Å². The van der Waals surface area contributed by atoms with Gasteiger partial charge in [0.2, 0.25) is 12.1 Å². The van der Waals surface area contributed by atoms with Gasteiger partial charge in [-0.05, 0) is 62.5 Å². The zero-order chi connectivity index (χ0) is 16.9. The molecule has 0 saturated carbocycles. The number of fused-ring (bicyclic) bond motifs is 2. The molecule has 0 unspecified atom stereocenters. The minimum absolute atomic E-state index is 0.406. The van der Waals surface area contributed by atoms with Crippen molar-refractivity contribution < 1.29 is 9.30 Å². The first-order valence-corrected chi connectivity index (χ1v) is 8.99. The van der Waals surface area contributed by atoms with Gasteiger partial charge < -0.3 is 10.1 Å². The summed E-state index contributed by atoms with van der Waals surface area (Å²) in [4.78, 5) is 0. The van der Waals surface area contributed by atoms with E-state index in [1.54, 1.807) is 0 Å². The highest BCUT2D eigenvalue weighted by atomic mass is 32.1. The largest absolute Gasteiger partial charge is 0.471 e. The molecule has 0 spiro atoms. The molecule has 0 atom stereocenters.